The van der Waals surface area contributed by atoms with E-state index in [0.29, 0.717) is 11.3 Å². The lowest BCUT2D eigenvalue weighted by atomic mass is 9.85. The molecule has 1 heterocycles. The molecular formula is C14H20N2O3S. The van der Waals surface area contributed by atoms with Crippen molar-refractivity contribution in [3.63, 3.8) is 0 Å². The number of oxazole rings is 1. The Labute approximate surface area is 122 Å². The molecule has 0 radical (unpaired) electrons. The fourth-order valence-electron chi connectivity index (χ4n) is 3.16. The number of carbonyl (C=O) groups is 1. The molecule has 3 rings (SSSR count). The number of rotatable bonds is 7. The predicted octanol–water partition coefficient (Wildman–Crippen LogP) is 2.53. The second-order valence-corrected chi connectivity index (χ2v) is 6.77. The van der Waals surface area contributed by atoms with Gasteiger partial charge in [0, 0.05) is 11.8 Å². The van der Waals surface area contributed by atoms with Crippen LogP contribution in [0.25, 0.3) is 0 Å². The van der Waals surface area contributed by atoms with Crippen LogP contribution in [0.4, 0.5) is 0 Å². The molecular weight excluding hydrogens is 276 g/mol. The topological polar surface area (TPSA) is 75.4 Å². The largest absolute Gasteiger partial charge is 0.480 e. The second kappa shape index (κ2) is 5.77. The van der Waals surface area contributed by atoms with Gasteiger partial charge in [-0.15, -0.1) is 0 Å². The van der Waals surface area contributed by atoms with E-state index in [4.69, 9.17) is 4.42 Å². The van der Waals surface area contributed by atoms with Crippen LogP contribution in [0.3, 0.4) is 0 Å². The smallest absolute Gasteiger partial charge is 0.324 e. The highest BCUT2D eigenvalue weighted by Gasteiger charge is 2.50. The van der Waals surface area contributed by atoms with E-state index in [1.54, 1.807) is 24.2 Å². The third-order valence-corrected chi connectivity index (χ3v) is 5.23. The van der Waals surface area contributed by atoms with Crippen LogP contribution in [-0.4, -0.2) is 33.4 Å². The summed E-state index contributed by atoms with van der Waals surface area (Å²) in [5, 5.41) is 13.8. The number of hydrogen-bond donors (Lipinski definition) is 2. The predicted molar refractivity (Wildman–Crippen MR) is 75.7 cm³/mol. The molecule has 20 heavy (non-hydrogen) atoms. The lowest BCUT2D eigenvalue weighted by Gasteiger charge is -2.32. The van der Waals surface area contributed by atoms with Gasteiger partial charge in [-0.1, -0.05) is 18.2 Å². The van der Waals surface area contributed by atoms with Crippen LogP contribution in [0.2, 0.25) is 0 Å². The number of hydrogen-bond acceptors (Lipinski definition) is 5. The highest BCUT2D eigenvalue weighted by atomic mass is 32.2. The summed E-state index contributed by atoms with van der Waals surface area (Å²) in [5.41, 5.74) is -0.696. The van der Waals surface area contributed by atoms with Gasteiger partial charge >= 0.3 is 5.97 Å². The van der Waals surface area contributed by atoms with Gasteiger partial charge in [0.25, 0.3) is 5.22 Å². The van der Waals surface area contributed by atoms with Crippen LogP contribution in [0.1, 0.15) is 38.5 Å². The Morgan fingerprint density at radius 2 is 2.40 bits per heavy atom. The van der Waals surface area contributed by atoms with Crippen molar-refractivity contribution in [3.05, 3.63) is 12.5 Å². The Morgan fingerprint density at radius 1 is 1.55 bits per heavy atom. The highest BCUT2D eigenvalue weighted by molar-refractivity contribution is 7.99. The normalized spacial score (nSPS) is 29.7. The minimum atomic E-state index is -0.696. The summed E-state index contributed by atoms with van der Waals surface area (Å²) in [6.07, 6.45) is 9.08. The van der Waals surface area contributed by atoms with Gasteiger partial charge in [-0.25, -0.2) is 4.98 Å². The highest BCUT2D eigenvalue weighted by Crippen LogP contribution is 2.41. The number of thioether (sulfide) groups is 1. The average molecular weight is 296 g/mol. The zero-order valence-corrected chi connectivity index (χ0v) is 12.2. The van der Waals surface area contributed by atoms with E-state index in [-0.39, 0.29) is 5.92 Å². The first kappa shape index (κ1) is 13.9. The van der Waals surface area contributed by atoms with Gasteiger partial charge in [-0.05, 0) is 38.0 Å². The van der Waals surface area contributed by atoms with Gasteiger partial charge in [0.05, 0.1) is 6.20 Å². The maximum atomic E-state index is 11.8. The monoisotopic (exact) mass is 296 g/mol. The van der Waals surface area contributed by atoms with Crippen molar-refractivity contribution in [2.75, 3.05) is 5.75 Å². The minimum Gasteiger partial charge on any atom is -0.480 e. The molecule has 2 aliphatic carbocycles. The van der Waals surface area contributed by atoms with E-state index < -0.39 is 11.5 Å². The Kier molecular flexibility index (Phi) is 4.03. The summed E-state index contributed by atoms with van der Waals surface area (Å²) < 4.78 is 5.19. The van der Waals surface area contributed by atoms with Gasteiger partial charge in [0.2, 0.25) is 0 Å². The van der Waals surface area contributed by atoms with Crippen molar-refractivity contribution in [1.82, 2.24) is 10.3 Å². The Hall–Kier alpha value is -1.01. The molecule has 2 atom stereocenters. The first-order valence-electron chi connectivity index (χ1n) is 7.24. The van der Waals surface area contributed by atoms with Crippen molar-refractivity contribution in [1.29, 1.82) is 0 Å². The van der Waals surface area contributed by atoms with Crippen molar-refractivity contribution in [2.45, 2.75) is 55.3 Å². The molecule has 2 aliphatic rings. The second-order valence-electron chi connectivity index (χ2n) is 5.72. The molecule has 2 fully saturated rings. The molecule has 0 aliphatic heterocycles. The van der Waals surface area contributed by atoms with Crippen LogP contribution in [0, 0.1) is 5.92 Å². The molecule has 5 nitrogen and oxygen atoms in total. The summed E-state index contributed by atoms with van der Waals surface area (Å²) in [7, 11) is 0. The molecule has 2 unspecified atom stereocenters. The van der Waals surface area contributed by atoms with E-state index in [1.165, 1.54) is 0 Å². The maximum absolute atomic E-state index is 11.8. The molecule has 1 aromatic rings. The van der Waals surface area contributed by atoms with Crippen molar-refractivity contribution in [2.24, 2.45) is 5.92 Å². The first-order chi connectivity index (χ1) is 9.71. The van der Waals surface area contributed by atoms with Crippen LogP contribution in [0.5, 0.6) is 0 Å². The van der Waals surface area contributed by atoms with E-state index in [2.05, 4.69) is 10.3 Å². The standard InChI is InChI=1S/C14H20N2O3S/c17-12(18)14(16-11-3-4-11)6-1-2-10(14)5-9-20-13-15-7-8-19-13/h7-8,10-11,16H,1-6,9H2,(H,17,18). The van der Waals surface area contributed by atoms with Gasteiger partial charge in [0.1, 0.15) is 11.8 Å². The van der Waals surface area contributed by atoms with Crippen LogP contribution < -0.4 is 5.32 Å². The van der Waals surface area contributed by atoms with Gasteiger partial charge in [0.15, 0.2) is 0 Å². The van der Waals surface area contributed by atoms with Gasteiger partial charge in [-0.3, -0.25) is 10.1 Å². The summed E-state index contributed by atoms with van der Waals surface area (Å²) in [4.78, 5) is 15.9. The third kappa shape index (κ3) is 2.86. The van der Waals surface area contributed by atoms with Crippen LogP contribution in [-0.2, 0) is 4.79 Å². The number of carboxylic acid groups (broad SMARTS) is 1. The van der Waals surface area contributed by atoms with Crippen molar-refractivity contribution >= 4 is 17.7 Å². The van der Waals surface area contributed by atoms with E-state index >= 15 is 0 Å². The fourth-order valence-corrected chi connectivity index (χ4v) is 4.00. The lowest BCUT2D eigenvalue weighted by molar-refractivity contribution is -0.146. The zero-order chi connectivity index (χ0) is 14.0. The molecule has 0 saturated heterocycles. The van der Waals surface area contributed by atoms with Crippen LogP contribution in [0.15, 0.2) is 22.1 Å². The lowest BCUT2D eigenvalue weighted by Crippen LogP contribution is -2.55. The Morgan fingerprint density at radius 3 is 3.05 bits per heavy atom. The molecule has 0 bridgehead atoms. The number of nitrogens with one attached hydrogen (secondary N) is 1. The SMILES string of the molecule is O=C(O)C1(NC2CC2)CCCC1CCSc1ncco1. The van der Waals surface area contributed by atoms with E-state index in [9.17, 15) is 9.90 Å². The van der Waals surface area contributed by atoms with Crippen molar-refractivity contribution in [3.8, 4) is 0 Å². The summed E-state index contributed by atoms with van der Waals surface area (Å²) in [5.74, 6) is 0.392. The maximum Gasteiger partial charge on any atom is 0.324 e. The van der Waals surface area contributed by atoms with Crippen molar-refractivity contribution < 1.29 is 14.3 Å². The van der Waals surface area contributed by atoms with Gasteiger partial charge < -0.3 is 9.52 Å². The molecule has 0 aromatic carbocycles. The number of aromatic nitrogens is 1. The molecule has 0 spiro atoms. The molecule has 1 aromatic heterocycles. The summed E-state index contributed by atoms with van der Waals surface area (Å²) in [6, 6.07) is 0.422. The zero-order valence-electron chi connectivity index (χ0n) is 11.4. The quantitative estimate of drug-likeness (QED) is 0.753. The first-order valence-corrected chi connectivity index (χ1v) is 8.22. The van der Waals surface area contributed by atoms with Crippen LogP contribution >= 0.6 is 11.8 Å². The number of nitrogens with zero attached hydrogens (tertiary/aromatic N) is 1. The van der Waals surface area contributed by atoms with Gasteiger partial charge in [-0.2, -0.15) is 0 Å². The average Bonchev–Trinajstić information content (AvgIpc) is 2.91. The molecule has 2 saturated carbocycles. The fraction of sp³-hybridized carbons (Fsp3) is 0.714. The van der Waals surface area contributed by atoms with E-state index in [0.717, 1.165) is 44.3 Å². The Bertz CT molecular complexity index is 461. The van der Waals surface area contributed by atoms with E-state index in [1.807, 2.05) is 0 Å². The summed E-state index contributed by atoms with van der Waals surface area (Å²) >= 11 is 1.56. The molecule has 0 amide bonds. The molecule has 2 N–H and O–H groups in total. The Balaban J connectivity index is 1.59. The summed E-state index contributed by atoms with van der Waals surface area (Å²) in [6.45, 7) is 0. The third-order valence-electron chi connectivity index (χ3n) is 4.34. The molecule has 6 heteroatoms. The number of carboxylic acids is 1. The number of aliphatic carboxylic acids is 1. The molecule has 110 valence electrons. The minimum absolute atomic E-state index is 0.211.